The van der Waals surface area contributed by atoms with Crippen molar-refractivity contribution in [3.05, 3.63) is 70.1 Å². The predicted octanol–water partition coefficient (Wildman–Crippen LogP) is 3.88. The summed E-state index contributed by atoms with van der Waals surface area (Å²) in [6, 6.07) is 13.0. The number of ketones is 1. The van der Waals surface area contributed by atoms with Gasteiger partial charge in [-0.1, -0.05) is 36.8 Å². The SMILES string of the molecule is NC(CN1CCCCC1)=C(C(=O)c1ccccc1)c1ccnc(Br)c1. The molecule has 0 amide bonds. The maximum Gasteiger partial charge on any atom is 0.195 e. The number of halogens is 1. The number of rotatable bonds is 5. The number of hydrogen-bond acceptors (Lipinski definition) is 4. The summed E-state index contributed by atoms with van der Waals surface area (Å²) in [5, 5.41) is 0. The lowest BCUT2D eigenvalue weighted by Crippen LogP contribution is -2.34. The van der Waals surface area contributed by atoms with Crippen molar-refractivity contribution in [1.29, 1.82) is 0 Å². The first-order valence-electron chi connectivity index (χ1n) is 8.58. The molecule has 2 aromatic rings. The van der Waals surface area contributed by atoms with Crippen molar-refractivity contribution in [3.8, 4) is 0 Å². The number of hydrogen-bond donors (Lipinski definition) is 1. The van der Waals surface area contributed by atoms with Crippen LogP contribution in [0.3, 0.4) is 0 Å². The fraction of sp³-hybridized carbons (Fsp3) is 0.300. The molecule has 3 rings (SSSR count). The third-order valence-electron chi connectivity index (χ3n) is 4.44. The summed E-state index contributed by atoms with van der Waals surface area (Å²) in [6.07, 6.45) is 5.34. The maximum absolute atomic E-state index is 13.1. The summed E-state index contributed by atoms with van der Waals surface area (Å²) in [7, 11) is 0. The molecule has 0 atom stereocenters. The number of allylic oxidation sites excluding steroid dienone is 1. The first kappa shape index (κ1) is 17.8. The molecule has 1 aliphatic heterocycles. The first-order chi connectivity index (χ1) is 12.1. The normalized spacial score (nSPS) is 16.4. The predicted molar refractivity (Wildman–Crippen MR) is 104 cm³/mol. The third-order valence-corrected chi connectivity index (χ3v) is 4.88. The van der Waals surface area contributed by atoms with Crippen LogP contribution in [-0.2, 0) is 0 Å². The van der Waals surface area contributed by atoms with Gasteiger partial charge in [0.05, 0.1) is 0 Å². The van der Waals surface area contributed by atoms with E-state index in [1.807, 2.05) is 42.5 Å². The molecule has 1 fully saturated rings. The molecular weight excluding hydrogens is 378 g/mol. The highest BCUT2D eigenvalue weighted by Crippen LogP contribution is 2.24. The van der Waals surface area contributed by atoms with E-state index in [1.54, 1.807) is 6.20 Å². The van der Waals surface area contributed by atoms with Gasteiger partial charge < -0.3 is 5.73 Å². The number of likely N-dealkylation sites (tertiary alicyclic amines) is 1. The van der Waals surface area contributed by atoms with Gasteiger partial charge in [0.2, 0.25) is 0 Å². The quantitative estimate of drug-likeness (QED) is 0.470. The second kappa shape index (κ2) is 8.41. The van der Waals surface area contributed by atoms with Crippen molar-refractivity contribution in [2.24, 2.45) is 5.73 Å². The molecule has 0 spiro atoms. The van der Waals surface area contributed by atoms with Crippen LogP contribution in [-0.4, -0.2) is 35.3 Å². The van der Waals surface area contributed by atoms with Gasteiger partial charge in [-0.15, -0.1) is 0 Å². The second-order valence-electron chi connectivity index (χ2n) is 6.30. The van der Waals surface area contributed by atoms with Gasteiger partial charge >= 0.3 is 0 Å². The van der Waals surface area contributed by atoms with E-state index in [1.165, 1.54) is 19.3 Å². The number of piperidine rings is 1. The van der Waals surface area contributed by atoms with Crippen LogP contribution < -0.4 is 5.73 Å². The molecule has 1 aromatic heterocycles. The van der Waals surface area contributed by atoms with E-state index in [0.717, 1.165) is 18.7 Å². The fourth-order valence-corrected chi connectivity index (χ4v) is 3.56. The summed E-state index contributed by atoms with van der Waals surface area (Å²) in [5.41, 5.74) is 9.08. The molecule has 130 valence electrons. The smallest absolute Gasteiger partial charge is 0.195 e. The Morgan fingerprint density at radius 3 is 2.48 bits per heavy atom. The van der Waals surface area contributed by atoms with Crippen molar-refractivity contribution in [2.45, 2.75) is 19.3 Å². The molecule has 4 nitrogen and oxygen atoms in total. The molecule has 0 bridgehead atoms. The van der Waals surface area contributed by atoms with Gasteiger partial charge in [-0.25, -0.2) is 4.98 Å². The number of nitrogens with zero attached hydrogens (tertiary/aromatic N) is 2. The Bertz CT molecular complexity index is 768. The molecule has 5 heteroatoms. The van der Waals surface area contributed by atoms with E-state index in [2.05, 4.69) is 25.8 Å². The van der Waals surface area contributed by atoms with Gasteiger partial charge in [-0.05, 0) is 59.6 Å². The third kappa shape index (κ3) is 4.55. The van der Waals surface area contributed by atoms with Crippen LogP contribution in [0, 0.1) is 0 Å². The molecule has 0 aliphatic carbocycles. The lowest BCUT2D eigenvalue weighted by atomic mass is 9.95. The van der Waals surface area contributed by atoms with Gasteiger partial charge in [0, 0.05) is 29.6 Å². The van der Waals surface area contributed by atoms with E-state index in [4.69, 9.17) is 5.73 Å². The molecule has 0 unspecified atom stereocenters. The van der Waals surface area contributed by atoms with Gasteiger partial charge in [0.15, 0.2) is 5.78 Å². The minimum atomic E-state index is -0.0480. The lowest BCUT2D eigenvalue weighted by molar-refractivity contribution is 0.105. The molecule has 0 radical (unpaired) electrons. The average molecular weight is 400 g/mol. The standard InChI is InChI=1S/C20H22BrN3O/c21-18-13-16(9-10-23-18)19(20(25)15-7-3-1-4-8-15)17(22)14-24-11-5-2-6-12-24/h1,3-4,7-10,13H,2,5-6,11-12,14,22H2. The number of pyridine rings is 1. The van der Waals surface area contributed by atoms with Crippen molar-refractivity contribution in [1.82, 2.24) is 9.88 Å². The second-order valence-corrected chi connectivity index (χ2v) is 7.11. The molecule has 2 heterocycles. The van der Waals surface area contributed by atoms with Crippen LogP contribution in [0.5, 0.6) is 0 Å². The zero-order valence-corrected chi connectivity index (χ0v) is 15.7. The first-order valence-corrected chi connectivity index (χ1v) is 9.37. The largest absolute Gasteiger partial charge is 0.400 e. The highest BCUT2D eigenvalue weighted by molar-refractivity contribution is 9.10. The zero-order valence-electron chi connectivity index (χ0n) is 14.1. The Morgan fingerprint density at radius 2 is 1.80 bits per heavy atom. The Morgan fingerprint density at radius 1 is 1.08 bits per heavy atom. The Hall–Kier alpha value is -1.98. The summed E-state index contributed by atoms with van der Waals surface area (Å²) in [5.74, 6) is -0.0480. The van der Waals surface area contributed by atoms with E-state index in [0.29, 0.717) is 28.0 Å². The number of benzene rings is 1. The zero-order chi connectivity index (χ0) is 17.6. The highest BCUT2D eigenvalue weighted by atomic mass is 79.9. The van der Waals surface area contributed by atoms with E-state index >= 15 is 0 Å². The average Bonchev–Trinajstić information content (AvgIpc) is 2.63. The summed E-state index contributed by atoms with van der Waals surface area (Å²) in [6.45, 7) is 2.69. The highest BCUT2D eigenvalue weighted by Gasteiger charge is 2.20. The molecule has 1 saturated heterocycles. The van der Waals surface area contributed by atoms with Crippen molar-refractivity contribution < 1.29 is 4.79 Å². The Balaban J connectivity index is 1.98. The van der Waals surface area contributed by atoms with Crippen LogP contribution in [0.4, 0.5) is 0 Å². The topological polar surface area (TPSA) is 59.2 Å². The maximum atomic E-state index is 13.1. The number of Topliss-reactive ketones (excluding diaryl/α,β-unsaturated/α-hetero) is 1. The van der Waals surface area contributed by atoms with Crippen LogP contribution in [0.2, 0.25) is 0 Å². The molecule has 1 aliphatic rings. The Kier molecular flexibility index (Phi) is 6.00. The van der Waals surface area contributed by atoms with Crippen molar-refractivity contribution >= 4 is 27.3 Å². The van der Waals surface area contributed by atoms with Crippen molar-refractivity contribution in [2.75, 3.05) is 19.6 Å². The van der Waals surface area contributed by atoms with Gasteiger partial charge in [-0.3, -0.25) is 9.69 Å². The minimum absolute atomic E-state index is 0.0480. The van der Waals surface area contributed by atoms with Gasteiger partial charge in [0.1, 0.15) is 4.60 Å². The van der Waals surface area contributed by atoms with Gasteiger partial charge in [0.25, 0.3) is 0 Å². The van der Waals surface area contributed by atoms with E-state index in [-0.39, 0.29) is 5.78 Å². The summed E-state index contributed by atoms with van der Waals surface area (Å²) >= 11 is 3.39. The summed E-state index contributed by atoms with van der Waals surface area (Å²) < 4.78 is 0.689. The molecule has 0 saturated carbocycles. The van der Waals surface area contributed by atoms with Crippen LogP contribution in [0.25, 0.3) is 5.57 Å². The number of aromatic nitrogens is 1. The minimum Gasteiger partial charge on any atom is -0.400 e. The van der Waals surface area contributed by atoms with E-state index < -0.39 is 0 Å². The van der Waals surface area contributed by atoms with Crippen LogP contribution >= 0.6 is 15.9 Å². The Labute approximate surface area is 156 Å². The van der Waals surface area contributed by atoms with Crippen LogP contribution in [0.15, 0.2) is 59.0 Å². The number of nitrogens with two attached hydrogens (primary N) is 1. The van der Waals surface area contributed by atoms with Gasteiger partial charge in [-0.2, -0.15) is 0 Å². The van der Waals surface area contributed by atoms with E-state index in [9.17, 15) is 4.79 Å². The molecule has 25 heavy (non-hydrogen) atoms. The summed E-state index contributed by atoms with van der Waals surface area (Å²) in [4.78, 5) is 19.6. The molecule has 2 N–H and O–H groups in total. The number of carbonyl (C=O) groups is 1. The molecule has 1 aromatic carbocycles. The lowest BCUT2D eigenvalue weighted by Gasteiger charge is -2.27. The van der Waals surface area contributed by atoms with Crippen molar-refractivity contribution in [3.63, 3.8) is 0 Å². The number of carbonyl (C=O) groups excluding carboxylic acids is 1. The van der Waals surface area contributed by atoms with Crippen LogP contribution in [0.1, 0.15) is 35.2 Å². The monoisotopic (exact) mass is 399 g/mol. The molecular formula is C20H22BrN3O. The fourth-order valence-electron chi connectivity index (χ4n) is 3.19.